The topological polar surface area (TPSA) is 50.1 Å². The molecule has 5 heteroatoms. The molecule has 2 rings (SSSR count). The fraction of sp³-hybridized carbons (Fsp3) is 0.750. The van der Waals surface area contributed by atoms with E-state index in [1.807, 2.05) is 14.0 Å². The third kappa shape index (κ3) is 2.81. The van der Waals surface area contributed by atoms with Crippen molar-refractivity contribution in [3.63, 3.8) is 0 Å². The lowest BCUT2D eigenvalue weighted by atomic mass is 9.90. The van der Waals surface area contributed by atoms with Gasteiger partial charge in [0.2, 0.25) is 0 Å². The summed E-state index contributed by atoms with van der Waals surface area (Å²) < 4.78 is 1.78. The van der Waals surface area contributed by atoms with Crippen molar-refractivity contribution in [3.8, 4) is 0 Å². The van der Waals surface area contributed by atoms with Crippen LogP contribution in [-0.4, -0.2) is 34.1 Å². The predicted molar refractivity (Wildman–Crippen MR) is 68.3 cm³/mol. The number of nitrogens with one attached hydrogen (secondary N) is 1. The minimum Gasteiger partial charge on any atom is -0.392 e. The van der Waals surface area contributed by atoms with E-state index in [-0.39, 0.29) is 6.10 Å². The largest absolute Gasteiger partial charge is 0.392 e. The lowest BCUT2D eigenvalue weighted by Crippen LogP contribution is -2.35. The van der Waals surface area contributed by atoms with Crippen LogP contribution in [0.1, 0.15) is 24.2 Å². The normalized spacial score (nSPS) is 19.5. The molecule has 0 aromatic carbocycles. The second-order valence-electron chi connectivity index (χ2n) is 4.83. The third-order valence-electron chi connectivity index (χ3n) is 3.59. The van der Waals surface area contributed by atoms with Crippen molar-refractivity contribution in [2.75, 3.05) is 13.1 Å². The van der Waals surface area contributed by atoms with Crippen LogP contribution in [0.15, 0.2) is 0 Å². The molecule has 1 unspecified atom stereocenters. The Kier molecular flexibility index (Phi) is 4.07. The number of aryl methyl sites for hydroxylation is 2. The van der Waals surface area contributed by atoms with Gasteiger partial charge in [-0.3, -0.25) is 4.68 Å². The highest BCUT2D eigenvalue weighted by Gasteiger charge is 2.24. The Morgan fingerprint density at radius 1 is 1.53 bits per heavy atom. The highest BCUT2D eigenvalue weighted by molar-refractivity contribution is 6.31. The highest BCUT2D eigenvalue weighted by Crippen LogP contribution is 2.25. The zero-order chi connectivity index (χ0) is 12.4. The minimum absolute atomic E-state index is 0.315. The van der Waals surface area contributed by atoms with E-state index in [4.69, 9.17) is 11.6 Å². The van der Waals surface area contributed by atoms with Gasteiger partial charge in [0.25, 0.3) is 0 Å². The van der Waals surface area contributed by atoms with Gasteiger partial charge in [0.1, 0.15) is 0 Å². The van der Waals surface area contributed by atoms with E-state index < -0.39 is 0 Å². The van der Waals surface area contributed by atoms with Gasteiger partial charge in [-0.25, -0.2) is 0 Å². The van der Waals surface area contributed by atoms with Crippen LogP contribution in [0.3, 0.4) is 0 Å². The first kappa shape index (κ1) is 12.9. The van der Waals surface area contributed by atoms with Gasteiger partial charge in [-0.1, -0.05) is 11.6 Å². The second kappa shape index (κ2) is 5.38. The van der Waals surface area contributed by atoms with Gasteiger partial charge in [0.15, 0.2) is 0 Å². The molecule has 96 valence electrons. The number of hydrogen-bond acceptors (Lipinski definition) is 3. The van der Waals surface area contributed by atoms with Gasteiger partial charge >= 0.3 is 0 Å². The van der Waals surface area contributed by atoms with E-state index in [1.165, 1.54) is 0 Å². The molecule has 0 saturated carbocycles. The van der Waals surface area contributed by atoms with Crippen molar-refractivity contribution in [2.45, 2.75) is 32.3 Å². The average molecular weight is 258 g/mol. The number of aliphatic hydroxyl groups excluding tert-OH is 1. The number of aromatic nitrogens is 2. The van der Waals surface area contributed by atoms with Crippen LogP contribution >= 0.6 is 11.6 Å². The molecule has 1 aliphatic rings. The van der Waals surface area contributed by atoms with Crippen LogP contribution in [0.2, 0.25) is 5.02 Å². The van der Waals surface area contributed by atoms with Crippen LogP contribution in [0.5, 0.6) is 0 Å². The zero-order valence-electron chi connectivity index (χ0n) is 10.4. The van der Waals surface area contributed by atoms with Crippen molar-refractivity contribution in [1.82, 2.24) is 15.1 Å². The summed E-state index contributed by atoms with van der Waals surface area (Å²) in [6.07, 6.45) is 2.36. The molecule has 1 atom stereocenters. The molecule has 0 bridgehead atoms. The molecule has 0 spiro atoms. The van der Waals surface area contributed by atoms with Crippen molar-refractivity contribution < 1.29 is 5.11 Å². The molecule has 0 radical (unpaired) electrons. The van der Waals surface area contributed by atoms with Gasteiger partial charge < -0.3 is 10.4 Å². The Morgan fingerprint density at radius 3 is 2.71 bits per heavy atom. The molecule has 1 aliphatic heterocycles. The molecule has 0 aliphatic carbocycles. The number of piperidine rings is 1. The second-order valence-corrected chi connectivity index (χ2v) is 5.21. The van der Waals surface area contributed by atoms with E-state index in [0.29, 0.717) is 17.4 Å². The van der Waals surface area contributed by atoms with Gasteiger partial charge in [-0.05, 0) is 38.8 Å². The fourth-order valence-electron chi connectivity index (χ4n) is 2.50. The molecule has 1 fully saturated rings. The van der Waals surface area contributed by atoms with Crippen molar-refractivity contribution in [3.05, 3.63) is 16.4 Å². The van der Waals surface area contributed by atoms with Gasteiger partial charge in [0.05, 0.1) is 22.5 Å². The van der Waals surface area contributed by atoms with E-state index in [0.717, 1.165) is 37.3 Å². The van der Waals surface area contributed by atoms with E-state index in [2.05, 4.69) is 10.4 Å². The van der Waals surface area contributed by atoms with Crippen molar-refractivity contribution in [1.29, 1.82) is 0 Å². The maximum absolute atomic E-state index is 10.3. The lowest BCUT2D eigenvalue weighted by Gasteiger charge is -2.27. The third-order valence-corrected chi connectivity index (χ3v) is 4.08. The summed E-state index contributed by atoms with van der Waals surface area (Å²) in [5.74, 6) is 0.377. The molecular weight excluding hydrogens is 238 g/mol. The SMILES string of the molecule is Cc1nn(C)c(CC(O)C2CCNCC2)c1Cl. The summed E-state index contributed by atoms with van der Waals surface area (Å²) in [7, 11) is 1.88. The van der Waals surface area contributed by atoms with Crippen molar-refractivity contribution in [2.24, 2.45) is 13.0 Å². The van der Waals surface area contributed by atoms with E-state index >= 15 is 0 Å². The van der Waals surface area contributed by atoms with Gasteiger partial charge in [0, 0.05) is 13.5 Å². The summed E-state index contributed by atoms with van der Waals surface area (Å²) >= 11 is 6.19. The van der Waals surface area contributed by atoms with E-state index in [1.54, 1.807) is 4.68 Å². The Bertz CT molecular complexity index is 385. The number of aliphatic hydroxyl groups is 1. The standard InChI is InChI=1S/C12H20ClN3O/c1-8-12(13)10(16(2)15-8)7-11(17)9-3-5-14-6-4-9/h9,11,14,17H,3-7H2,1-2H3. The Balaban J connectivity index is 2.04. The minimum atomic E-state index is -0.315. The summed E-state index contributed by atoms with van der Waals surface area (Å²) in [6, 6.07) is 0. The van der Waals surface area contributed by atoms with Crippen LogP contribution < -0.4 is 5.32 Å². The molecule has 0 amide bonds. The Morgan fingerprint density at radius 2 is 2.18 bits per heavy atom. The summed E-state index contributed by atoms with van der Waals surface area (Å²) in [5.41, 5.74) is 1.77. The maximum Gasteiger partial charge on any atom is 0.0847 e. The summed E-state index contributed by atoms with van der Waals surface area (Å²) in [4.78, 5) is 0. The number of rotatable bonds is 3. The smallest absolute Gasteiger partial charge is 0.0847 e. The number of halogens is 1. The first-order valence-electron chi connectivity index (χ1n) is 6.16. The first-order valence-corrected chi connectivity index (χ1v) is 6.54. The maximum atomic E-state index is 10.3. The highest BCUT2D eigenvalue weighted by atomic mass is 35.5. The zero-order valence-corrected chi connectivity index (χ0v) is 11.2. The molecule has 1 saturated heterocycles. The monoisotopic (exact) mass is 257 g/mol. The van der Waals surface area contributed by atoms with E-state index in [9.17, 15) is 5.11 Å². The lowest BCUT2D eigenvalue weighted by molar-refractivity contribution is 0.0874. The Hall–Kier alpha value is -0.580. The van der Waals surface area contributed by atoms with Crippen LogP contribution in [-0.2, 0) is 13.5 Å². The summed E-state index contributed by atoms with van der Waals surface area (Å²) in [5, 5.41) is 18.5. The predicted octanol–water partition coefficient (Wildman–Crippen LogP) is 1.28. The molecular formula is C12H20ClN3O. The van der Waals surface area contributed by atoms with Crippen molar-refractivity contribution >= 4 is 11.6 Å². The quantitative estimate of drug-likeness (QED) is 0.858. The molecule has 1 aromatic rings. The first-order chi connectivity index (χ1) is 8.09. The number of nitrogens with zero attached hydrogens (tertiary/aromatic N) is 2. The van der Waals surface area contributed by atoms with Crippen LogP contribution in [0, 0.1) is 12.8 Å². The summed E-state index contributed by atoms with van der Waals surface area (Å²) in [6.45, 7) is 3.89. The van der Waals surface area contributed by atoms with Crippen LogP contribution in [0.25, 0.3) is 0 Å². The molecule has 1 aromatic heterocycles. The molecule has 17 heavy (non-hydrogen) atoms. The molecule has 2 heterocycles. The number of hydrogen-bond donors (Lipinski definition) is 2. The fourth-order valence-corrected chi connectivity index (χ4v) is 2.73. The van der Waals surface area contributed by atoms with Gasteiger partial charge in [-0.2, -0.15) is 5.10 Å². The molecule has 2 N–H and O–H groups in total. The molecule has 4 nitrogen and oxygen atoms in total. The Labute approximate surface area is 107 Å². The van der Waals surface area contributed by atoms with Gasteiger partial charge in [-0.15, -0.1) is 0 Å². The average Bonchev–Trinajstić information content (AvgIpc) is 2.57. The van der Waals surface area contributed by atoms with Crippen LogP contribution in [0.4, 0.5) is 0 Å².